The first-order valence-corrected chi connectivity index (χ1v) is 8.30. The highest BCUT2D eigenvalue weighted by molar-refractivity contribution is 5.94. The predicted molar refractivity (Wildman–Crippen MR) is 90.6 cm³/mol. The van der Waals surface area contributed by atoms with Crippen LogP contribution in [0.2, 0.25) is 0 Å². The van der Waals surface area contributed by atoms with E-state index < -0.39 is 0 Å². The van der Waals surface area contributed by atoms with Gasteiger partial charge in [-0.2, -0.15) is 0 Å². The molecule has 7 heteroatoms. The number of nitrogens with one attached hydrogen (secondary N) is 2. The molecular formula is C18H21N3O4. The highest BCUT2D eigenvalue weighted by atomic mass is 16.5. The highest BCUT2D eigenvalue weighted by Gasteiger charge is 2.18. The molecule has 0 spiro atoms. The zero-order chi connectivity index (χ0) is 17.6. The lowest BCUT2D eigenvalue weighted by Crippen LogP contribution is -2.30. The number of benzene rings is 1. The van der Waals surface area contributed by atoms with Crippen molar-refractivity contribution < 1.29 is 18.8 Å². The summed E-state index contributed by atoms with van der Waals surface area (Å²) in [5.74, 6) is 1.19. The first-order chi connectivity index (χ1) is 12.1. The molecule has 0 bridgehead atoms. The smallest absolute Gasteiger partial charge is 0.273 e. The number of hydrogen-bond acceptors (Lipinski definition) is 6. The largest absolute Gasteiger partial charge is 0.486 e. The molecule has 7 nitrogen and oxygen atoms in total. The Balaban J connectivity index is 1.51. The minimum atomic E-state index is -0.250. The van der Waals surface area contributed by atoms with Crippen LogP contribution in [0.15, 0.2) is 34.9 Å². The van der Waals surface area contributed by atoms with Gasteiger partial charge in [0, 0.05) is 18.2 Å². The molecule has 0 radical (unpaired) electrons. The van der Waals surface area contributed by atoms with Crippen LogP contribution in [0.1, 0.15) is 40.0 Å². The molecule has 1 aliphatic heterocycles. The SMILES string of the molecule is CC(=O)c1cccc(OCc2cc(C(=O)NC[C@@H]3CCNC3)no2)c1. The van der Waals surface area contributed by atoms with Crippen LogP contribution < -0.4 is 15.4 Å². The molecule has 132 valence electrons. The zero-order valence-electron chi connectivity index (χ0n) is 14.1. The van der Waals surface area contributed by atoms with Crippen molar-refractivity contribution in [1.29, 1.82) is 0 Å². The summed E-state index contributed by atoms with van der Waals surface area (Å²) < 4.78 is 10.7. The third-order valence-electron chi connectivity index (χ3n) is 4.13. The Morgan fingerprint density at radius 3 is 3.04 bits per heavy atom. The van der Waals surface area contributed by atoms with Crippen LogP contribution in [0, 0.1) is 5.92 Å². The van der Waals surface area contributed by atoms with E-state index in [1.165, 1.54) is 6.92 Å². The number of Topliss-reactive ketones (excluding diaryl/α,β-unsaturated/α-hetero) is 1. The fourth-order valence-electron chi connectivity index (χ4n) is 2.66. The molecule has 2 heterocycles. The van der Waals surface area contributed by atoms with Crippen molar-refractivity contribution in [1.82, 2.24) is 15.8 Å². The lowest BCUT2D eigenvalue weighted by atomic mass is 10.1. The number of aromatic nitrogens is 1. The Kier molecular flexibility index (Phi) is 5.45. The second kappa shape index (κ2) is 7.94. The van der Waals surface area contributed by atoms with Crippen molar-refractivity contribution in [2.24, 2.45) is 5.92 Å². The summed E-state index contributed by atoms with van der Waals surface area (Å²) in [5.41, 5.74) is 0.818. The van der Waals surface area contributed by atoms with Gasteiger partial charge in [0.15, 0.2) is 17.2 Å². The van der Waals surface area contributed by atoms with Crippen molar-refractivity contribution in [3.8, 4) is 5.75 Å². The average molecular weight is 343 g/mol. The molecule has 1 aliphatic rings. The van der Waals surface area contributed by atoms with E-state index in [1.807, 2.05) is 0 Å². The van der Waals surface area contributed by atoms with Crippen molar-refractivity contribution in [3.63, 3.8) is 0 Å². The van der Waals surface area contributed by atoms with Gasteiger partial charge in [0.2, 0.25) is 0 Å². The topological polar surface area (TPSA) is 93.5 Å². The van der Waals surface area contributed by atoms with E-state index in [0.717, 1.165) is 19.5 Å². The van der Waals surface area contributed by atoms with Gasteiger partial charge in [0.25, 0.3) is 5.91 Å². The predicted octanol–water partition coefficient (Wildman–Crippen LogP) is 1.80. The Bertz CT molecular complexity index is 750. The van der Waals surface area contributed by atoms with Gasteiger partial charge < -0.3 is 19.9 Å². The van der Waals surface area contributed by atoms with Gasteiger partial charge in [-0.3, -0.25) is 9.59 Å². The first-order valence-electron chi connectivity index (χ1n) is 8.30. The highest BCUT2D eigenvalue weighted by Crippen LogP contribution is 2.16. The fourth-order valence-corrected chi connectivity index (χ4v) is 2.66. The van der Waals surface area contributed by atoms with E-state index in [9.17, 15) is 9.59 Å². The number of amides is 1. The Hall–Kier alpha value is -2.67. The maximum absolute atomic E-state index is 12.1. The number of nitrogens with zero attached hydrogens (tertiary/aromatic N) is 1. The number of ether oxygens (including phenoxy) is 1. The quantitative estimate of drug-likeness (QED) is 0.745. The summed E-state index contributed by atoms with van der Waals surface area (Å²) in [6, 6.07) is 8.47. The molecule has 25 heavy (non-hydrogen) atoms. The second-order valence-corrected chi connectivity index (χ2v) is 6.12. The third-order valence-corrected chi connectivity index (χ3v) is 4.13. The maximum Gasteiger partial charge on any atom is 0.273 e. The molecule has 2 N–H and O–H groups in total. The van der Waals surface area contributed by atoms with Crippen LogP contribution in [0.25, 0.3) is 0 Å². The van der Waals surface area contributed by atoms with Gasteiger partial charge in [0.1, 0.15) is 12.4 Å². The molecule has 1 aromatic carbocycles. The summed E-state index contributed by atoms with van der Waals surface area (Å²) in [6.45, 7) is 4.19. The van der Waals surface area contributed by atoms with E-state index in [1.54, 1.807) is 30.3 Å². The monoisotopic (exact) mass is 343 g/mol. The zero-order valence-corrected chi connectivity index (χ0v) is 14.1. The molecule has 1 saturated heterocycles. The van der Waals surface area contributed by atoms with Gasteiger partial charge in [-0.15, -0.1) is 0 Å². The first kappa shape index (κ1) is 17.2. The summed E-state index contributed by atoms with van der Waals surface area (Å²) >= 11 is 0. The third kappa shape index (κ3) is 4.67. The van der Waals surface area contributed by atoms with Crippen molar-refractivity contribution in [2.45, 2.75) is 20.0 Å². The lowest BCUT2D eigenvalue weighted by Gasteiger charge is -2.08. The second-order valence-electron chi connectivity index (χ2n) is 6.12. The fraction of sp³-hybridized carbons (Fsp3) is 0.389. The van der Waals surface area contributed by atoms with Gasteiger partial charge >= 0.3 is 0 Å². The van der Waals surface area contributed by atoms with E-state index in [4.69, 9.17) is 9.26 Å². The molecule has 3 rings (SSSR count). The van der Waals surface area contributed by atoms with E-state index in [-0.39, 0.29) is 24.0 Å². The number of carbonyl (C=O) groups is 2. The van der Waals surface area contributed by atoms with Gasteiger partial charge in [-0.05, 0) is 44.5 Å². The number of rotatable bonds is 7. The van der Waals surface area contributed by atoms with Crippen molar-refractivity contribution in [3.05, 3.63) is 47.3 Å². The molecule has 1 amide bonds. The molecule has 0 saturated carbocycles. The average Bonchev–Trinajstić information content (AvgIpc) is 3.30. The van der Waals surface area contributed by atoms with E-state index in [0.29, 0.717) is 29.5 Å². The van der Waals surface area contributed by atoms with Crippen LogP contribution in [0.4, 0.5) is 0 Å². The maximum atomic E-state index is 12.1. The molecule has 1 atom stereocenters. The molecule has 1 aromatic heterocycles. The number of carbonyl (C=O) groups excluding carboxylic acids is 2. The number of ketones is 1. The number of hydrogen-bond donors (Lipinski definition) is 2. The molecule has 2 aromatic rings. The van der Waals surface area contributed by atoms with E-state index >= 15 is 0 Å². The van der Waals surface area contributed by atoms with Gasteiger partial charge in [-0.25, -0.2) is 0 Å². The summed E-state index contributed by atoms with van der Waals surface area (Å²) in [5, 5.41) is 9.91. The van der Waals surface area contributed by atoms with Gasteiger partial charge in [-0.1, -0.05) is 17.3 Å². The van der Waals surface area contributed by atoms with Crippen LogP contribution in [-0.4, -0.2) is 36.5 Å². The Morgan fingerprint density at radius 2 is 2.28 bits per heavy atom. The lowest BCUT2D eigenvalue weighted by molar-refractivity contribution is 0.0938. The van der Waals surface area contributed by atoms with Crippen LogP contribution >= 0.6 is 0 Å². The summed E-state index contributed by atoms with van der Waals surface area (Å²) in [6.07, 6.45) is 1.07. The van der Waals surface area contributed by atoms with Gasteiger partial charge in [0.05, 0.1) is 0 Å². The van der Waals surface area contributed by atoms with Crippen molar-refractivity contribution in [2.75, 3.05) is 19.6 Å². The normalized spacial score (nSPS) is 16.6. The standard InChI is InChI=1S/C18H21N3O4/c1-12(22)14-3-2-4-15(7-14)24-11-16-8-17(21-25-16)18(23)20-10-13-5-6-19-9-13/h2-4,7-8,13,19H,5-6,9-11H2,1H3,(H,20,23)/t13-/m1/s1. The summed E-state index contributed by atoms with van der Waals surface area (Å²) in [7, 11) is 0. The van der Waals surface area contributed by atoms with E-state index in [2.05, 4.69) is 15.8 Å². The van der Waals surface area contributed by atoms with Crippen LogP contribution in [0.5, 0.6) is 5.75 Å². The molecular weight excluding hydrogens is 322 g/mol. The van der Waals surface area contributed by atoms with Crippen LogP contribution in [0.3, 0.4) is 0 Å². The summed E-state index contributed by atoms with van der Waals surface area (Å²) in [4.78, 5) is 23.5. The molecule has 1 fully saturated rings. The molecule has 0 unspecified atom stereocenters. The Labute approximate surface area is 145 Å². The molecule has 0 aliphatic carbocycles. The Morgan fingerprint density at radius 1 is 1.40 bits per heavy atom. The minimum Gasteiger partial charge on any atom is -0.486 e. The van der Waals surface area contributed by atoms with Crippen molar-refractivity contribution >= 4 is 11.7 Å². The van der Waals surface area contributed by atoms with Crippen LogP contribution in [-0.2, 0) is 6.61 Å². The minimum absolute atomic E-state index is 0.0264.